The highest BCUT2D eigenvalue weighted by molar-refractivity contribution is 5.83. The zero-order valence-electron chi connectivity index (χ0n) is 14.3. The minimum atomic E-state index is -0.327. The fourth-order valence-corrected chi connectivity index (χ4v) is 3.13. The molecule has 1 heterocycles. The third-order valence-electron chi connectivity index (χ3n) is 4.18. The number of hydrogen-bond acceptors (Lipinski definition) is 2. The lowest BCUT2D eigenvalue weighted by atomic mass is 10.0. The monoisotopic (exact) mass is 318 g/mol. The summed E-state index contributed by atoms with van der Waals surface area (Å²) >= 11 is 0. The van der Waals surface area contributed by atoms with Crippen molar-refractivity contribution in [1.29, 1.82) is 0 Å². The Bertz CT molecular complexity index is 524. The Morgan fingerprint density at radius 2 is 1.78 bits per heavy atom. The maximum atomic E-state index is 13.0. The van der Waals surface area contributed by atoms with Crippen molar-refractivity contribution in [3.8, 4) is 0 Å². The zero-order chi connectivity index (χ0) is 16.8. The summed E-state index contributed by atoms with van der Waals surface area (Å²) in [6.07, 6.45) is 2.14. The first-order chi connectivity index (χ1) is 11.0. The highest BCUT2D eigenvalue weighted by Crippen LogP contribution is 2.16. The van der Waals surface area contributed by atoms with Crippen LogP contribution in [0.3, 0.4) is 0 Å². The molecule has 1 aromatic rings. The first kappa shape index (κ1) is 17.5. The molecule has 2 atom stereocenters. The van der Waals surface area contributed by atoms with E-state index >= 15 is 0 Å². The van der Waals surface area contributed by atoms with Crippen LogP contribution in [-0.4, -0.2) is 49.4 Å². The normalized spacial score (nSPS) is 17.1. The summed E-state index contributed by atoms with van der Waals surface area (Å²) in [5, 5.41) is 2.90. The number of nitrogens with zero attached hydrogens (tertiary/aromatic N) is 1. The highest BCUT2D eigenvalue weighted by atomic mass is 16.2. The van der Waals surface area contributed by atoms with E-state index in [4.69, 9.17) is 0 Å². The van der Waals surface area contributed by atoms with E-state index in [0.29, 0.717) is 0 Å². The molecule has 1 aliphatic rings. The lowest BCUT2D eigenvalue weighted by molar-refractivity contribution is -0.894. The largest absolute Gasteiger partial charge is 0.349 e. The second-order valence-electron chi connectivity index (χ2n) is 6.62. The van der Waals surface area contributed by atoms with Crippen LogP contribution in [0.2, 0.25) is 0 Å². The molecule has 23 heavy (non-hydrogen) atoms. The molecule has 1 unspecified atom stereocenters. The van der Waals surface area contributed by atoms with Gasteiger partial charge in [0.2, 0.25) is 0 Å². The molecular weight excluding hydrogens is 290 g/mol. The number of carbonyl (C=O) groups is 2. The minimum absolute atomic E-state index is 0.0207. The zero-order valence-corrected chi connectivity index (χ0v) is 14.3. The molecule has 1 fully saturated rings. The highest BCUT2D eigenvalue weighted by Gasteiger charge is 2.34. The summed E-state index contributed by atoms with van der Waals surface area (Å²) in [5.74, 6) is 0.108. The van der Waals surface area contributed by atoms with Crippen molar-refractivity contribution in [3.63, 3.8) is 0 Å². The fourth-order valence-electron chi connectivity index (χ4n) is 3.13. The van der Waals surface area contributed by atoms with Crippen molar-refractivity contribution in [1.82, 2.24) is 10.2 Å². The van der Waals surface area contributed by atoms with Crippen LogP contribution in [0.4, 0.5) is 0 Å². The molecule has 5 nitrogen and oxygen atoms in total. The van der Waals surface area contributed by atoms with Crippen molar-refractivity contribution >= 4 is 11.8 Å². The first-order valence-electron chi connectivity index (χ1n) is 8.44. The molecule has 2 rings (SSSR count). The van der Waals surface area contributed by atoms with Gasteiger partial charge in [-0.3, -0.25) is 9.59 Å². The topological polar surface area (TPSA) is 53.9 Å². The van der Waals surface area contributed by atoms with Gasteiger partial charge in [-0.1, -0.05) is 30.3 Å². The van der Waals surface area contributed by atoms with Crippen LogP contribution in [0.1, 0.15) is 38.3 Å². The molecule has 0 saturated carbocycles. The quantitative estimate of drug-likeness (QED) is 0.797. The van der Waals surface area contributed by atoms with Crippen molar-refractivity contribution in [3.05, 3.63) is 35.9 Å². The summed E-state index contributed by atoms with van der Waals surface area (Å²) in [6.45, 7) is 5.83. The third kappa shape index (κ3) is 4.79. The van der Waals surface area contributed by atoms with E-state index in [-0.39, 0.29) is 30.4 Å². The van der Waals surface area contributed by atoms with Crippen molar-refractivity contribution in [2.75, 3.05) is 26.7 Å². The van der Waals surface area contributed by atoms with E-state index < -0.39 is 0 Å². The van der Waals surface area contributed by atoms with Crippen molar-refractivity contribution < 1.29 is 14.5 Å². The van der Waals surface area contributed by atoms with Crippen LogP contribution in [0.25, 0.3) is 0 Å². The van der Waals surface area contributed by atoms with Crippen LogP contribution in [0.5, 0.6) is 0 Å². The van der Waals surface area contributed by atoms with Crippen molar-refractivity contribution in [2.45, 2.75) is 38.8 Å². The molecule has 0 radical (unpaired) electrons. The molecule has 0 spiro atoms. The Labute approximate surface area is 138 Å². The fraction of sp³-hybridized carbons (Fsp3) is 0.556. The number of hydrogen-bond donors (Lipinski definition) is 2. The van der Waals surface area contributed by atoms with Gasteiger partial charge in [-0.15, -0.1) is 0 Å². The van der Waals surface area contributed by atoms with E-state index in [0.717, 1.165) is 36.4 Å². The summed E-state index contributed by atoms with van der Waals surface area (Å²) in [4.78, 5) is 27.9. The van der Waals surface area contributed by atoms with Gasteiger partial charge in [0, 0.05) is 24.7 Å². The molecule has 0 aliphatic carbocycles. The Balaban J connectivity index is 2.15. The summed E-state index contributed by atoms with van der Waals surface area (Å²) in [7, 11) is 1.92. The van der Waals surface area contributed by atoms with E-state index in [1.54, 1.807) is 0 Å². The van der Waals surface area contributed by atoms with Gasteiger partial charge in [0.15, 0.2) is 12.6 Å². The van der Waals surface area contributed by atoms with E-state index in [2.05, 4.69) is 5.32 Å². The Hall–Kier alpha value is -1.88. The number of amides is 2. The number of likely N-dealkylation sites (tertiary alicyclic amines) is 1. The second-order valence-corrected chi connectivity index (χ2v) is 6.62. The van der Waals surface area contributed by atoms with Gasteiger partial charge in [-0.05, 0) is 26.7 Å². The maximum Gasteiger partial charge on any atom is 0.285 e. The van der Waals surface area contributed by atoms with Gasteiger partial charge in [-0.2, -0.15) is 0 Å². The van der Waals surface area contributed by atoms with Gasteiger partial charge in [0.25, 0.3) is 11.8 Å². The van der Waals surface area contributed by atoms with Crippen LogP contribution in [-0.2, 0) is 9.59 Å². The molecular formula is C18H28N3O2+. The van der Waals surface area contributed by atoms with E-state index in [1.807, 2.05) is 56.1 Å². The summed E-state index contributed by atoms with van der Waals surface area (Å²) < 4.78 is 0. The van der Waals surface area contributed by atoms with Gasteiger partial charge in [-0.25, -0.2) is 0 Å². The molecule has 0 bridgehead atoms. The standard InChI is InChI=1S/C18H27N3O2/c1-14(2)19-16(22)13-20(3)17(15-9-5-4-6-10-15)18(23)21-11-7-8-12-21/h4-6,9-10,14,17H,7-8,11-13H2,1-3H3,(H,19,22)/p+1/t17-/m1/s1. The smallest absolute Gasteiger partial charge is 0.285 e. The number of rotatable bonds is 6. The van der Waals surface area contributed by atoms with Crippen LogP contribution in [0, 0.1) is 0 Å². The third-order valence-corrected chi connectivity index (χ3v) is 4.18. The molecule has 0 aromatic heterocycles. The molecule has 2 amide bonds. The Kier molecular flexibility index (Phi) is 6.16. The molecule has 2 N–H and O–H groups in total. The van der Waals surface area contributed by atoms with E-state index in [1.165, 1.54) is 0 Å². The average molecular weight is 318 g/mol. The predicted molar refractivity (Wildman–Crippen MR) is 90.0 cm³/mol. The lowest BCUT2D eigenvalue weighted by Gasteiger charge is -2.28. The summed E-state index contributed by atoms with van der Waals surface area (Å²) in [5.41, 5.74) is 0.972. The molecule has 5 heteroatoms. The SMILES string of the molecule is CC(C)NC(=O)C[NH+](C)[C@@H](C(=O)N1CCCC1)c1ccccc1. The molecule has 1 aliphatic heterocycles. The number of nitrogens with one attached hydrogen (secondary N) is 2. The van der Waals surface area contributed by atoms with Gasteiger partial charge >= 0.3 is 0 Å². The number of benzene rings is 1. The van der Waals surface area contributed by atoms with Crippen LogP contribution < -0.4 is 10.2 Å². The Morgan fingerprint density at radius 3 is 2.35 bits per heavy atom. The van der Waals surface area contributed by atoms with Crippen LogP contribution in [0.15, 0.2) is 30.3 Å². The number of quaternary nitrogens is 1. The summed E-state index contributed by atoms with van der Waals surface area (Å²) in [6, 6.07) is 9.57. The maximum absolute atomic E-state index is 13.0. The molecule has 1 aromatic carbocycles. The lowest BCUT2D eigenvalue weighted by Crippen LogP contribution is -3.11. The second kappa shape index (κ2) is 8.11. The van der Waals surface area contributed by atoms with Gasteiger partial charge in [0.05, 0.1) is 7.05 Å². The minimum Gasteiger partial charge on any atom is -0.349 e. The Morgan fingerprint density at radius 1 is 1.17 bits per heavy atom. The van der Waals surface area contributed by atoms with Gasteiger partial charge < -0.3 is 15.1 Å². The predicted octanol–water partition coefficient (Wildman–Crippen LogP) is 0.389. The first-order valence-corrected chi connectivity index (χ1v) is 8.44. The van der Waals surface area contributed by atoms with Crippen molar-refractivity contribution in [2.24, 2.45) is 0 Å². The van der Waals surface area contributed by atoms with Gasteiger partial charge in [0.1, 0.15) is 0 Å². The van der Waals surface area contributed by atoms with Crippen LogP contribution >= 0.6 is 0 Å². The average Bonchev–Trinajstić information content (AvgIpc) is 3.01. The van der Waals surface area contributed by atoms with E-state index in [9.17, 15) is 9.59 Å². The number of carbonyl (C=O) groups excluding carboxylic acids is 2. The molecule has 126 valence electrons. The number of likely N-dealkylation sites (N-methyl/N-ethyl adjacent to an activating group) is 1. The molecule has 1 saturated heterocycles.